The van der Waals surface area contributed by atoms with Crippen LogP contribution < -0.4 is 0 Å². The summed E-state index contributed by atoms with van der Waals surface area (Å²) in [5.74, 6) is 1.88. The number of hydrogen-bond donors (Lipinski definition) is 1. The number of hydrogen-bond acceptors (Lipinski definition) is 2. The van der Waals surface area contributed by atoms with Crippen molar-refractivity contribution in [3.63, 3.8) is 0 Å². The lowest BCUT2D eigenvalue weighted by Gasteiger charge is -2.27. The van der Waals surface area contributed by atoms with E-state index < -0.39 is 5.60 Å². The van der Waals surface area contributed by atoms with Crippen LogP contribution in [0.25, 0.3) is 0 Å². The Bertz CT molecular complexity index is 297. The molecule has 0 radical (unpaired) electrons. The van der Waals surface area contributed by atoms with Gasteiger partial charge in [0.1, 0.15) is 11.5 Å². The fourth-order valence-electron chi connectivity index (χ4n) is 1.93. The lowest BCUT2D eigenvalue weighted by molar-refractivity contribution is 0.0363. The van der Waals surface area contributed by atoms with Crippen molar-refractivity contribution >= 4 is 0 Å². The predicted molar refractivity (Wildman–Crippen MR) is 46.0 cm³/mol. The highest BCUT2D eigenvalue weighted by molar-refractivity contribution is 5.29. The summed E-state index contributed by atoms with van der Waals surface area (Å²) < 4.78 is 5.48. The van der Waals surface area contributed by atoms with Gasteiger partial charge in [-0.15, -0.1) is 0 Å². The van der Waals surface area contributed by atoms with Crippen LogP contribution in [0.15, 0.2) is 10.5 Å². The summed E-state index contributed by atoms with van der Waals surface area (Å²) in [5.41, 5.74) is 0.331. The van der Waals surface area contributed by atoms with Gasteiger partial charge in [-0.25, -0.2) is 0 Å². The van der Waals surface area contributed by atoms with E-state index >= 15 is 0 Å². The van der Waals surface area contributed by atoms with Gasteiger partial charge in [-0.05, 0) is 32.8 Å². The van der Waals surface area contributed by atoms with Crippen molar-refractivity contribution in [3.05, 3.63) is 23.2 Å². The second kappa shape index (κ2) is 2.36. The molecule has 2 nitrogen and oxygen atoms in total. The Morgan fingerprint density at radius 1 is 1.58 bits per heavy atom. The molecule has 0 saturated carbocycles. The second-order valence-corrected chi connectivity index (χ2v) is 3.82. The maximum absolute atomic E-state index is 9.98. The maximum atomic E-state index is 9.98. The first-order valence-corrected chi connectivity index (χ1v) is 4.42. The van der Waals surface area contributed by atoms with Gasteiger partial charge >= 0.3 is 0 Å². The van der Waals surface area contributed by atoms with Crippen LogP contribution in [-0.2, 0) is 12.0 Å². The minimum absolute atomic E-state index is 0.661. The van der Waals surface area contributed by atoms with Crippen molar-refractivity contribution in [1.82, 2.24) is 0 Å². The first kappa shape index (κ1) is 7.87. The normalized spacial score (nSPS) is 28.6. The number of furan rings is 1. The molecule has 0 spiro atoms. The van der Waals surface area contributed by atoms with Crippen LogP contribution >= 0.6 is 0 Å². The molecular weight excluding hydrogens is 152 g/mol. The van der Waals surface area contributed by atoms with E-state index in [2.05, 4.69) is 0 Å². The number of rotatable bonds is 0. The molecule has 2 rings (SSSR count). The molecule has 2 heteroatoms. The van der Waals surface area contributed by atoms with Crippen LogP contribution in [0.2, 0.25) is 0 Å². The molecule has 0 aliphatic heterocycles. The van der Waals surface area contributed by atoms with Gasteiger partial charge in [-0.3, -0.25) is 0 Å². The molecular formula is C10H14O2. The third-order valence-electron chi connectivity index (χ3n) is 2.58. The van der Waals surface area contributed by atoms with E-state index in [0.29, 0.717) is 0 Å². The zero-order valence-electron chi connectivity index (χ0n) is 7.55. The molecule has 12 heavy (non-hydrogen) atoms. The standard InChI is InChI=1S/C10H14O2/c1-7-6-8-9(12-7)4-3-5-10(8,2)11/h6,11H,3-5H2,1-2H3. The largest absolute Gasteiger partial charge is 0.466 e. The Labute approximate surface area is 72.2 Å². The van der Waals surface area contributed by atoms with Gasteiger partial charge in [-0.1, -0.05) is 0 Å². The molecule has 1 aromatic rings. The SMILES string of the molecule is Cc1cc2c(o1)CCCC2(C)O. The van der Waals surface area contributed by atoms with Crippen molar-refractivity contribution in [1.29, 1.82) is 0 Å². The minimum Gasteiger partial charge on any atom is -0.466 e. The highest BCUT2D eigenvalue weighted by Gasteiger charge is 2.31. The lowest BCUT2D eigenvalue weighted by Crippen LogP contribution is -2.25. The van der Waals surface area contributed by atoms with E-state index in [4.69, 9.17) is 4.42 Å². The molecule has 0 saturated heterocycles. The fourth-order valence-corrected chi connectivity index (χ4v) is 1.93. The molecule has 1 aliphatic rings. The summed E-state index contributed by atoms with van der Waals surface area (Å²) in [4.78, 5) is 0. The number of aryl methyl sites for hydroxylation is 2. The smallest absolute Gasteiger partial charge is 0.110 e. The van der Waals surface area contributed by atoms with Gasteiger partial charge in [0.2, 0.25) is 0 Å². The Morgan fingerprint density at radius 3 is 3.00 bits per heavy atom. The maximum Gasteiger partial charge on any atom is 0.110 e. The average molecular weight is 166 g/mol. The Kier molecular flexibility index (Phi) is 1.55. The molecule has 0 fully saturated rings. The molecule has 1 unspecified atom stereocenters. The Hall–Kier alpha value is -0.760. The van der Waals surface area contributed by atoms with Crippen LogP contribution in [0.5, 0.6) is 0 Å². The molecule has 1 atom stereocenters. The summed E-state index contributed by atoms with van der Waals surface area (Å²) in [5, 5.41) is 9.98. The molecule has 1 aromatic heterocycles. The van der Waals surface area contributed by atoms with Gasteiger partial charge in [0, 0.05) is 12.0 Å². The van der Waals surface area contributed by atoms with Crippen LogP contribution in [0.4, 0.5) is 0 Å². The van der Waals surface area contributed by atoms with Gasteiger partial charge in [-0.2, -0.15) is 0 Å². The van der Waals surface area contributed by atoms with Crippen molar-refractivity contribution in [2.24, 2.45) is 0 Å². The number of fused-ring (bicyclic) bond motifs is 1. The molecule has 0 amide bonds. The van der Waals surface area contributed by atoms with Crippen molar-refractivity contribution in [3.8, 4) is 0 Å². The minimum atomic E-state index is -0.661. The van der Waals surface area contributed by atoms with Crippen molar-refractivity contribution in [2.75, 3.05) is 0 Å². The van der Waals surface area contributed by atoms with E-state index in [9.17, 15) is 5.11 Å². The predicted octanol–water partition coefficient (Wildman–Crippen LogP) is 2.13. The van der Waals surface area contributed by atoms with Crippen LogP contribution in [0.3, 0.4) is 0 Å². The van der Waals surface area contributed by atoms with Crippen molar-refractivity contribution in [2.45, 2.75) is 38.7 Å². The monoisotopic (exact) mass is 166 g/mol. The quantitative estimate of drug-likeness (QED) is 0.640. The highest BCUT2D eigenvalue weighted by Crippen LogP contribution is 2.36. The van der Waals surface area contributed by atoms with Crippen molar-refractivity contribution < 1.29 is 9.52 Å². The van der Waals surface area contributed by atoms with E-state index in [1.54, 1.807) is 0 Å². The lowest BCUT2D eigenvalue weighted by atomic mass is 9.84. The van der Waals surface area contributed by atoms with Crippen LogP contribution in [-0.4, -0.2) is 5.11 Å². The first-order chi connectivity index (χ1) is 5.59. The van der Waals surface area contributed by atoms with Gasteiger partial charge in [0.05, 0.1) is 5.60 Å². The summed E-state index contributed by atoms with van der Waals surface area (Å²) >= 11 is 0. The van der Waals surface area contributed by atoms with Gasteiger partial charge in [0.15, 0.2) is 0 Å². The van der Waals surface area contributed by atoms with Gasteiger partial charge < -0.3 is 9.52 Å². The topological polar surface area (TPSA) is 33.4 Å². The summed E-state index contributed by atoms with van der Waals surface area (Å²) in [6, 6.07) is 1.95. The summed E-state index contributed by atoms with van der Waals surface area (Å²) in [7, 11) is 0. The van der Waals surface area contributed by atoms with E-state index in [-0.39, 0.29) is 0 Å². The second-order valence-electron chi connectivity index (χ2n) is 3.82. The average Bonchev–Trinajstić information content (AvgIpc) is 2.30. The number of aliphatic hydroxyl groups is 1. The zero-order valence-corrected chi connectivity index (χ0v) is 7.55. The molecule has 66 valence electrons. The third-order valence-corrected chi connectivity index (χ3v) is 2.58. The van der Waals surface area contributed by atoms with E-state index in [1.807, 2.05) is 19.9 Å². The van der Waals surface area contributed by atoms with E-state index in [0.717, 1.165) is 36.3 Å². The molecule has 1 heterocycles. The van der Waals surface area contributed by atoms with Crippen LogP contribution in [0.1, 0.15) is 36.8 Å². The Morgan fingerprint density at radius 2 is 2.33 bits per heavy atom. The molecule has 1 N–H and O–H groups in total. The Balaban J connectivity index is 2.51. The van der Waals surface area contributed by atoms with E-state index in [1.165, 1.54) is 0 Å². The fraction of sp³-hybridized carbons (Fsp3) is 0.600. The summed E-state index contributed by atoms with van der Waals surface area (Å²) in [6.45, 7) is 3.79. The summed E-state index contributed by atoms with van der Waals surface area (Å²) in [6.07, 6.45) is 2.84. The van der Waals surface area contributed by atoms with Gasteiger partial charge in [0.25, 0.3) is 0 Å². The van der Waals surface area contributed by atoms with Crippen LogP contribution in [0, 0.1) is 6.92 Å². The molecule has 1 aliphatic carbocycles. The zero-order chi connectivity index (χ0) is 8.77. The third kappa shape index (κ3) is 1.07. The molecule has 0 bridgehead atoms. The highest BCUT2D eigenvalue weighted by atomic mass is 16.3. The molecule has 0 aromatic carbocycles. The first-order valence-electron chi connectivity index (χ1n) is 4.42.